The van der Waals surface area contributed by atoms with E-state index in [2.05, 4.69) is 43.7 Å². The van der Waals surface area contributed by atoms with Crippen LogP contribution in [0.25, 0.3) is 0 Å². The van der Waals surface area contributed by atoms with Gasteiger partial charge in [0.05, 0.1) is 10.7 Å². The van der Waals surface area contributed by atoms with Crippen molar-refractivity contribution in [3.8, 4) is 0 Å². The molecule has 2 heterocycles. The lowest BCUT2D eigenvalue weighted by atomic mass is 9.93. The highest BCUT2D eigenvalue weighted by molar-refractivity contribution is 14.0. The van der Waals surface area contributed by atoms with Crippen LogP contribution in [-0.2, 0) is 11.8 Å². The minimum atomic E-state index is 0. The third-order valence-corrected chi connectivity index (χ3v) is 5.89. The molecule has 1 aliphatic rings. The number of thiazole rings is 1. The van der Waals surface area contributed by atoms with Crippen molar-refractivity contribution in [2.45, 2.75) is 58.4 Å². The normalized spacial score (nSPS) is 18.8. The summed E-state index contributed by atoms with van der Waals surface area (Å²) in [5.74, 6) is 3.44. The number of rotatable bonds is 5. The molecule has 24 heavy (non-hydrogen) atoms. The zero-order valence-corrected chi connectivity index (χ0v) is 19.2. The third kappa shape index (κ3) is 7.47. The predicted molar refractivity (Wildman–Crippen MR) is 119 cm³/mol. The van der Waals surface area contributed by atoms with Gasteiger partial charge in [-0.15, -0.1) is 35.3 Å². The molecular formula is C17H31IN4S2. The number of guanidine groups is 1. The summed E-state index contributed by atoms with van der Waals surface area (Å²) >= 11 is 3.79. The van der Waals surface area contributed by atoms with Crippen LogP contribution in [0.15, 0.2) is 10.4 Å². The molecule has 1 fully saturated rings. The first-order valence-electron chi connectivity index (χ1n) is 8.56. The standard InChI is InChI=1S/C17H30N4S2.HI/c1-5-18-16(20-13-7-6-10-22-11-13)19-9-8-15-21-14(12-23-15)17(2,3)4;/h12-13H,5-11H2,1-4H3,(H2,18,19,20);1H. The largest absolute Gasteiger partial charge is 0.357 e. The maximum absolute atomic E-state index is 4.75. The van der Waals surface area contributed by atoms with Crippen LogP contribution in [-0.4, -0.2) is 41.6 Å². The lowest BCUT2D eigenvalue weighted by molar-refractivity contribution is 0.570. The molecular weight excluding hydrogens is 451 g/mol. The van der Waals surface area contributed by atoms with Crippen LogP contribution in [0.1, 0.15) is 51.2 Å². The zero-order chi connectivity index (χ0) is 16.7. The van der Waals surface area contributed by atoms with Crippen molar-refractivity contribution in [3.05, 3.63) is 16.1 Å². The van der Waals surface area contributed by atoms with Gasteiger partial charge in [0, 0.05) is 42.1 Å². The summed E-state index contributed by atoms with van der Waals surface area (Å²) in [4.78, 5) is 9.47. The summed E-state index contributed by atoms with van der Waals surface area (Å²) < 4.78 is 0. The van der Waals surface area contributed by atoms with Gasteiger partial charge in [0.2, 0.25) is 0 Å². The molecule has 1 aromatic rings. The molecule has 4 nitrogen and oxygen atoms in total. The van der Waals surface area contributed by atoms with Crippen LogP contribution in [0.4, 0.5) is 0 Å². The fourth-order valence-electron chi connectivity index (χ4n) is 2.40. The topological polar surface area (TPSA) is 49.3 Å². The Bertz CT molecular complexity index is 505. The number of nitrogens with one attached hydrogen (secondary N) is 2. The molecule has 0 saturated carbocycles. The van der Waals surface area contributed by atoms with Crippen molar-refractivity contribution in [1.82, 2.24) is 15.6 Å². The van der Waals surface area contributed by atoms with Gasteiger partial charge < -0.3 is 10.6 Å². The second-order valence-electron chi connectivity index (χ2n) is 6.95. The average Bonchev–Trinajstić information content (AvgIpc) is 2.97. The number of nitrogens with zero attached hydrogens (tertiary/aromatic N) is 2. The number of hydrogen-bond acceptors (Lipinski definition) is 4. The van der Waals surface area contributed by atoms with E-state index in [0.717, 1.165) is 25.5 Å². The highest BCUT2D eigenvalue weighted by atomic mass is 127. The van der Waals surface area contributed by atoms with E-state index in [9.17, 15) is 0 Å². The Morgan fingerprint density at radius 3 is 2.79 bits per heavy atom. The molecule has 0 radical (unpaired) electrons. The second-order valence-corrected chi connectivity index (χ2v) is 9.04. The van der Waals surface area contributed by atoms with Crippen molar-refractivity contribution in [1.29, 1.82) is 0 Å². The summed E-state index contributed by atoms with van der Waals surface area (Å²) in [6.45, 7) is 10.4. The fraction of sp³-hybridized carbons (Fsp3) is 0.765. The van der Waals surface area contributed by atoms with Gasteiger partial charge in [-0.3, -0.25) is 4.99 Å². The van der Waals surface area contributed by atoms with E-state index in [1.165, 1.54) is 35.0 Å². The van der Waals surface area contributed by atoms with E-state index in [-0.39, 0.29) is 29.4 Å². The quantitative estimate of drug-likeness (QED) is 0.378. The van der Waals surface area contributed by atoms with E-state index >= 15 is 0 Å². The molecule has 7 heteroatoms. The molecule has 1 saturated heterocycles. The SMILES string of the molecule is CCNC(=NCCc1nc(C(C)(C)C)cs1)NC1CCCSC1.I. The molecule has 0 aromatic carbocycles. The van der Waals surface area contributed by atoms with E-state index in [1.807, 2.05) is 11.8 Å². The molecule has 0 bridgehead atoms. The van der Waals surface area contributed by atoms with Gasteiger partial charge in [-0.1, -0.05) is 20.8 Å². The Hall–Kier alpha value is -0.0200. The molecule has 1 atom stereocenters. The van der Waals surface area contributed by atoms with E-state index in [4.69, 9.17) is 9.98 Å². The molecule has 138 valence electrons. The first-order valence-corrected chi connectivity index (χ1v) is 10.6. The molecule has 2 N–H and O–H groups in total. The number of aliphatic imine (C=N–C) groups is 1. The van der Waals surface area contributed by atoms with Crippen LogP contribution in [0.5, 0.6) is 0 Å². The minimum Gasteiger partial charge on any atom is -0.357 e. The molecule has 1 aromatic heterocycles. The summed E-state index contributed by atoms with van der Waals surface area (Å²) in [6.07, 6.45) is 3.46. The molecule has 0 spiro atoms. The number of aromatic nitrogens is 1. The minimum absolute atomic E-state index is 0. The summed E-state index contributed by atoms with van der Waals surface area (Å²) in [7, 11) is 0. The van der Waals surface area contributed by atoms with Crippen molar-refractivity contribution >= 4 is 53.0 Å². The maximum atomic E-state index is 4.75. The number of hydrogen-bond donors (Lipinski definition) is 2. The molecule has 2 rings (SSSR count). The Balaban J connectivity index is 0.00000288. The Morgan fingerprint density at radius 2 is 2.21 bits per heavy atom. The maximum Gasteiger partial charge on any atom is 0.191 e. The van der Waals surface area contributed by atoms with E-state index in [1.54, 1.807) is 11.3 Å². The Kier molecular flexibility index (Phi) is 9.96. The van der Waals surface area contributed by atoms with Gasteiger partial charge in [-0.2, -0.15) is 11.8 Å². The van der Waals surface area contributed by atoms with Gasteiger partial charge in [0.25, 0.3) is 0 Å². The summed E-state index contributed by atoms with van der Waals surface area (Å²) in [5.41, 5.74) is 1.32. The first kappa shape index (κ1) is 22.0. The van der Waals surface area contributed by atoms with E-state index < -0.39 is 0 Å². The molecule has 0 aliphatic carbocycles. The average molecular weight is 483 g/mol. The summed E-state index contributed by atoms with van der Waals surface area (Å²) in [5, 5.41) is 10.3. The smallest absolute Gasteiger partial charge is 0.191 e. The van der Waals surface area contributed by atoms with Crippen LogP contribution < -0.4 is 10.6 Å². The van der Waals surface area contributed by atoms with Gasteiger partial charge in [-0.25, -0.2) is 4.98 Å². The summed E-state index contributed by atoms with van der Waals surface area (Å²) in [6, 6.07) is 0.555. The van der Waals surface area contributed by atoms with Crippen molar-refractivity contribution in [2.24, 2.45) is 4.99 Å². The molecule has 1 aliphatic heterocycles. The van der Waals surface area contributed by atoms with E-state index in [0.29, 0.717) is 6.04 Å². The Morgan fingerprint density at radius 1 is 1.42 bits per heavy atom. The monoisotopic (exact) mass is 482 g/mol. The highest BCUT2D eigenvalue weighted by Crippen LogP contribution is 2.24. The van der Waals surface area contributed by atoms with Crippen LogP contribution in [0, 0.1) is 0 Å². The van der Waals surface area contributed by atoms with Gasteiger partial charge in [-0.05, 0) is 25.5 Å². The van der Waals surface area contributed by atoms with Crippen molar-refractivity contribution in [2.75, 3.05) is 24.6 Å². The fourth-order valence-corrected chi connectivity index (χ4v) is 4.49. The van der Waals surface area contributed by atoms with Gasteiger partial charge in [0.15, 0.2) is 5.96 Å². The van der Waals surface area contributed by atoms with Crippen molar-refractivity contribution < 1.29 is 0 Å². The second kappa shape index (κ2) is 10.9. The van der Waals surface area contributed by atoms with Gasteiger partial charge in [0.1, 0.15) is 0 Å². The van der Waals surface area contributed by atoms with Gasteiger partial charge >= 0.3 is 0 Å². The van der Waals surface area contributed by atoms with Crippen LogP contribution in [0.3, 0.4) is 0 Å². The van der Waals surface area contributed by atoms with Crippen LogP contribution >= 0.6 is 47.1 Å². The zero-order valence-electron chi connectivity index (χ0n) is 15.2. The number of halogens is 1. The lowest BCUT2D eigenvalue weighted by Gasteiger charge is -2.24. The highest BCUT2D eigenvalue weighted by Gasteiger charge is 2.17. The van der Waals surface area contributed by atoms with Crippen LogP contribution in [0.2, 0.25) is 0 Å². The predicted octanol–water partition coefficient (Wildman–Crippen LogP) is 4.05. The molecule has 1 unspecified atom stereocenters. The molecule has 0 amide bonds. The third-order valence-electron chi connectivity index (χ3n) is 3.76. The number of thioether (sulfide) groups is 1. The lowest BCUT2D eigenvalue weighted by Crippen LogP contribution is -2.45. The Labute approximate surface area is 172 Å². The first-order chi connectivity index (χ1) is 11.0. The van der Waals surface area contributed by atoms with Crippen molar-refractivity contribution in [3.63, 3.8) is 0 Å².